The molecule has 0 saturated heterocycles. The maximum absolute atomic E-state index is 11.8. The molecule has 0 aliphatic carbocycles. The number of aliphatic imine (C=N–C) groups is 2. The molecule has 3 heterocycles. The van der Waals surface area contributed by atoms with E-state index in [0.29, 0.717) is 23.2 Å². The Kier molecular flexibility index (Phi) is 1.94. The van der Waals surface area contributed by atoms with E-state index in [1.165, 1.54) is 11.2 Å². The number of hydrogen-bond acceptors (Lipinski definition) is 6. The van der Waals surface area contributed by atoms with Gasteiger partial charge in [-0.1, -0.05) is 0 Å². The largest absolute Gasteiger partial charge is 0.372 e. The summed E-state index contributed by atoms with van der Waals surface area (Å²) in [5, 5.41) is 2.90. The Bertz CT molecular complexity index is 564. The summed E-state index contributed by atoms with van der Waals surface area (Å²) in [6.45, 7) is 1.75. The number of nitrogens with zero attached hydrogens (tertiary/aromatic N) is 5. The molecule has 2 aliphatic heterocycles. The lowest BCUT2D eigenvalue weighted by Gasteiger charge is -2.17. The van der Waals surface area contributed by atoms with E-state index in [-0.39, 0.29) is 11.9 Å². The van der Waals surface area contributed by atoms with Crippen molar-refractivity contribution >= 4 is 29.7 Å². The van der Waals surface area contributed by atoms with Crippen molar-refractivity contribution in [1.29, 1.82) is 0 Å². The van der Waals surface area contributed by atoms with Crippen molar-refractivity contribution in [2.75, 3.05) is 12.4 Å². The van der Waals surface area contributed by atoms with Crippen LogP contribution in [0, 0.1) is 0 Å². The van der Waals surface area contributed by atoms with Crippen molar-refractivity contribution in [2.24, 2.45) is 9.98 Å². The van der Waals surface area contributed by atoms with Gasteiger partial charge in [0.2, 0.25) is 0 Å². The van der Waals surface area contributed by atoms with Crippen LogP contribution in [0.2, 0.25) is 0 Å². The molecule has 1 atom stereocenters. The molecular formula is C10H10N6O. The second-order valence-corrected chi connectivity index (χ2v) is 3.76. The summed E-state index contributed by atoms with van der Waals surface area (Å²) < 4.78 is 0. The molecule has 0 saturated carbocycles. The highest BCUT2D eigenvalue weighted by molar-refractivity contribution is 6.22. The van der Waals surface area contributed by atoms with Crippen LogP contribution in [0.15, 0.2) is 16.2 Å². The molecule has 0 aromatic carbocycles. The van der Waals surface area contributed by atoms with Crippen LogP contribution >= 0.6 is 0 Å². The minimum absolute atomic E-state index is 0.0916. The van der Waals surface area contributed by atoms with Gasteiger partial charge in [0.1, 0.15) is 18.2 Å². The topological polar surface area (TPSA) is 82.8 Å². The Morgan fingerprint density at radius 3 is 3.06 bits per heavy atom. The number of fused-ring (bicyclic) bond motifs is 3. The Balaban J connectivity index is 2.16. The van der Waals surface area contributed by atoms with E-state index in [4.69, 9.17) is 0 Å². The first kappa shape index (κ1) is 9.88. The monoisotopic (exact) mass is 230 g/mol. The standard InChI is InChI=1S/C10H10N6O/c1-5-10(17)16-4-13-8-7(9(16)14-5)15-6(11-2)3-12-8/h3-5H,1-2H3,(H,11,15). The van der Waals surface area contributed by atoms with E-state index in [1.807, 2.05) is 0 Å². The van der Waals surface area contributed by atoms with Gasteiger partial charge in [0.05, 0.1) is 6.20 Å². The Labute approximate surface area is 97.3 Å². The number of nitrogens with one attached hydrogen (secondary N) is 1. The van der Waals surface area contributed by atoms with Crippen LogP contribution in [-0.4, -0.2) is 46.0 Å². The Morgan fingerprint density at radius 1 is 1.47 bits per heavy atom. The highest BCUT2D eigenvalue weighted by Gasteiger charge is 2.36. The van der Waals surface area contributed by atoms with Gasteiger partial charge in [-0.15, -0.1) is 0 Å². The lowest BCUT2D eigenvalue weighted by Crippen LogP contribution is -2.36. The smallest absolute Gasteiger partial charge is 0.258 e. The summed E-state index contributed by atoms with van der Waals surface area (Å²) >= 11 is 0. The third kappa shape index (κ3) is 1.32. The van der Waals surface area contributed by atoms with E-state index in [9.17, 15) is 4.79 Å². The third-order valence-corrected chi connectivity index (χ3v) is 2.66. The van der Waals surface area contributed by atoms with Gasteiger partial charge < -0.3 is 5.32 Å². The van der Waals surface area contributed by atoms with Gasteiger partial charge in [-0.2, -0.15) is 0 Å². The number of aromatic nitrogens is 2. The number of carbonyl (C=O) groups excluding carboxylic acids is 1. The van der Waals surface area contributed by atoms with Crippen LogP contribution in [0.1, 0.15) is 12.6 Å². The molecule has 1 unspecified atom stereocenters. The van der Waals surface area contributed by atoms with Crippen molar-refractivity contribution in [3.63, 3.8) is 0 Å². The van der Waals surface area contributed by atoms with Crippen molar-refractivity contribution < 1.29 is 4.79 Å². The van der Waals surface area contributed by atoms with E-state index >= 15 is 0 Å². The average molecular weight is 230 g/mol. The average Bonchev–Trinajstić information content (AvgIpc) is 2.65. The highest BCUT2D eigenvalue weighted by Crippen LogP contribution is 2.25. The number of rotatable bonds is 1. The molecule has 7 nitrogen and oxygen atoms in total. The summed E-state index contributed by atoms with van der Waals surface area (Å²) in [5.41, 5.74) is 0.539. The molecule has 17 heavy (non-hydrogen) atoms. The Hall–Kier alpha value is -2.31. The minimum atomic E-state index is -0.387. The second-order valence-electron chi connectivity index (χ2n) is 3.76. The van der Waals surface area contributed by atoms with Gasteiger partial charge in [0.15, 0.2) is 17.3 Å². The van der Waals surface area contributed by atoms with Gasteiger partial charge in [-0.3, -0.25) is 14.7 Å². The SMILES string of the molecule is CNc1cnc2c(n1)C1=NC(C)C(=O)N1C=N2. The molecular weight excluding hydrogens is 220 g/mol. The van der Waals surface area contributed by atoms with Crippen LogP contribution in [-0.2, 0) is 4.79 Å². The fourth-order valence-electron chi connectivity index (χ4n) is 1.75. The molecule has 1 aromatic heterocycles. The fraction of sp³-hybridized carbons (Fsp3) is 0.300. The summed E-state index contributed by atoms with van der Waals surface area (Å²) in [7, 11) is 1.75. The zero-order valence-electron chi connectivity index (χ0n) is 9.38. The first-order valence-corrected chi connectivity index (χ1v) is 5.21. The van der Waals surface area contributed by atoms with E-state index in [0.717, 1.165) is 0 Å². The van der Waals surface area contributed by atoms with Gasteiger partial charge in [0, 0.05) is 7.05 Å². The summed E-state index contributed by atoms with van der Waals surface area (Å²) in [5.74, 6) is 1.54. The quantitative estimate of drug-likeness (QED) is 0.745. The predicted octanol–water partition coefficient (Wildman–Crippen LogP) is 0.169. The fourth-order valence-corrected chi connectivity index (χ4v) is 1.75. The van der Waals surface area contributed by atoms with Crippen LogP contribution in [0.3, 0.4) is 0 Å². The van der Waals surface area contributed by atoms with Crippen LogP contribution in [0.25, 0.3) is 0 Å². The highest BCUT2D eigenvalue weighted by atomic mass is 16.2. The number of hydrogen-bond donors (Lipinski definition) is 1. The Morgan fingerprint density at radius 2 is 2.29 bits per heavy atom. The zero-order chi connectivity index (χ0) is 12.0. The number of amides is 1. The molecule has 2 aliphatic rings. The van der Waals surface area contributed by atoms with Crippen LogP contribution in [0.5, 0.6) is 0 Å². The van der Waals surface area contributed by atoms with Gasteiger partial charge >= 0.3 is 0 Å². The lowest BCUT2D eigenvalue weighted by atomic mass is 10.3. The molecule has 3 rings (SSSR count). The molecule has 1 amide bonds. The van der Waals surface area contributed by atoms with Crippen LogP contribution in [0.4, 0.5) is 11.6 Å². The second kappa shape index (κ2) is 3.34. The molecule has 7 heteroatoms. The van der Waals surface area contributed by atoms with Gasteiger partial charge in [-0.25, -0.2) is 15.0 Å². The van der Waals surface area contributed by atoms with E-state index in [1.54, 1.807) is 20.2 Å². The number of carbonyl (C=O) groups is 1. The van der Waals surface area contributed by atoms with Crippen LogP contribution < -0.4 is 5.32 Å². The first-order chi connectivity index (χ1) is 8.20. The lowest BCUT2D eigenvalue weighted by molar-refractivity contribution is -0.124. The number of amidine groups is 1. The summed E-state index contributed by atoms with van der Waals surface area (Å²) in [6.07, 6.45) is 3.04. The molecule has 0 fully saturated rings. The maximum Gasteiger partial charge on any atom is 0.258 e. The molecule has 0 radical (unpaired) electrons. The van der Waals surface area contributed by atoms with Crippen molar-refractivity contribution in [1.82, 2.24) is 14.9 Å². The number of anilines is 1. The van der Waals surface area contributed by atoms with Crippen molar-refractivity contribution in [3.05, 3.63) is 11.9 Å². The molecule has 1 N–H and O–H groups in total. The van der Waals surface area contributed by atoms with Crippen molar-refractivity contribution in [2.45, 2.75) is 13.0 Å². The molecule has 86 valence electrons. The van der Waals surface area contributed by atoms with Crippen molar-refractivity contribution in [3.8, 4) is 0 Å². The maximum atomic E-state index is 11.8. The first-order valence-electron chi connectivity index (χ1n) is 5.21. The third-order valence-electron chi connectivity index (χ3n) is 2.66. The minimum Gasteiger partial charge on any atom is -0.372 e. The normalized spacial score (nSPS) is 21.1. The van der Waals surface area contributed by atoms with E-state index in [2.05, 4.69) is 25.3 Å². The predicted molar refractivity (Wildman–Crippen MR) is 62.6 cm³/mol. The summed E-state index contributed by atoms with van der Waals surface area (Å²) in [6, 6.07) is -0.387. The molecule has 1 aromatic rings. The summed E-state index contributed by atoms with van der Waals surface area (Å²) in [4.78, 5) is 30.0. The molecule has 0 spiro atoms. The van der Waals surface area contributed by atoms with Gasteiger partial charge in [-0.05, 0) is 6.92 Å². The van der Waals surface area contributed by atoms with E-state index < -0.39 is 0 Å². The van der Waals surface area contributed by atoms with Gasteiger partial charge in [0.25, 0.3) is 5.91 Å². The zero-order valence-corrected chi connectivity index (χ0v) is 9.38. The molecule has 0 bridgehead atoms.